The zero-order valence-electron chi connectivity index (χ0n) is 11.5. The monoisotopic (exact) mass is 275 g/mol. The van der Waals surface area contributed by atoms with E-state index in [1.165, 1.54) is 19.1 Å². The van der Waals surface area contributed by atoms with E-state index in [2.05, 4.69) is 5.32 Å². The number of likely N-dealkylation sites (N-methyl/N-ethyl adjacent to an activating group) is 2. The number of carboxylic acid groups (broad SMARTS) is 1. The molecule has 0 aromatic rings. The van der Waals surface area contributed by atoms with Crippen LogP contribution in [0.15, 0.2) is 0 Å². The fourth-order valence-corrected chi connectivity index (χ4v) is 1.38. The average molecular weight is 275 g/mol. The third-order valence-corrected chi connectivity index (χ3v) is 2.24. The number of amides is 3. The number of hydrogen-bond donors (Lipinski definition) is 2. The van der Waals surface area contributed by atoms with Gasteiger partial charge in [0.1, 0.15) is 13.1 Å². The highest BCUT2D eigenvalue weighted by Gasteiger charge is 2.21. The normalized spacial score (nSPS) is 9.84. The van der Waals surface area contributed by atoms with Crippen LogP contribution in [0.1, 0.15) is 6.92 Å². The van der Waals surface area contributed by atoms with Gasteiger partial charge in [-0.15, -0.1) is 0 Å². The van der Waals surface area contributed by atoms with Crippen molar-refractivity contribution in [2.75, 3.05) is 46.9 Å². The summed E-state index contributed by atoms with van der Waals surface area (Å²) in [5.41, 5.74) is 0. The van der Waals surface area contributed by atoms with Crippen LogP contribution in [0.4, 0.5) is 4.79 Å². The van der Waals surface area contributed by atoms with Crippen molar-refractivity contribution in [3.05, 3.63) is 0 Å². The third kappa shape index (κ3) is 7.24. The van der Waals surface area contributed by atoms with Gasteiger partial charge in [-0.05, 0) is 6.92 Å². The van der Waals surface area contributed by atoms with Crippen LogP contribution in [-0.2, 0) is 14.3 Å². The second-order valence-corrected chi connectivity index (χ2v) is 3.90. The van der Waals surface area contributed by atoms with Gasteiger partial charge in [-0.25, -0.2) is 4.79 Å². The second-order valence-electron chi connectivity index (χ2n) is 3.90. The molecule has 0 atom stereocenters. The largest absolute Gasteiger partial charge is 0.480 e. The molecular formula is C11H21N3O5. The van der Waals surface area contributed by atoms with E-state index in [9.17, 15) is 14.4 Å². The maximum absolute atomic E-state index is 12.0. The predicted octanol–water partition coefficient (Wildman–Crippen LogP) is -0.793. The fourth-order valence-electron chi connectivity index (χ4n) is 1.38. The number of aliphatic carboxylic acids is 1. The van der Waals surface area contributed by atoms with Crippen LogP contribution in [0.3, 0.4) is 0 Å². The summed E-state index contributed by atoms with van der Waals surface area (Å²) in [6.07, 6.45) is 0. The number of carbonyl (C=O) groups is 3. The molecule has 0 rings (SSSR count). The van der Waals surface area contributed by atoms with Crippen molar-refractivity contribution in [3.63, 3.8) is 0 Å². The van der Waals surface area contributed by atoms with E-state index >= 15 is 0 Å². The molecule has 2 N–H and O–H groups in total. The molecule has 0 radical (unpaired) electrons. The Morgan fingerprint density at radius 2 is 1.89 bits per heavy atom. The first-order chi connectivity index (χ1) is 8.92. The van der Waals surface area contributed by atoms with Crippen molar-refractivity contribution in [2.24, 2.45) is 0 Å². The molecule has 0 spiro atoms. The lowest BCUT2D eigenvalue weighted by Crippen LogP contribution is -2.48. The topological polar surface area (TPSA) is 99.2 Å². The van der Waals surface area contributed by atoms with Gasteiger partial charge in [0.15, 0.2) is 0 Å². The van der Waals surface area contributed by atoms with Gasteiger partial charge in [0.25, 0.3) is 0 Å². The van der Waals surface area contributed by atoms with Gasteiger partial charge in [-0.3, -0.25) is 9.59 Å². The van der Waals surface area contributed by atoms with E-state index in [-0.39, 0.29) is 25.6 Å². The summed E-state index contributed by atoms with van der Waals surface area (Å²) >= 11 is 0. The predicted molar refractivity (Wildman–Crippen MR) is 67.8 cm³/mol. The molecule has 0 heterocycles. The molecular weight excluding hydrogens is 254 g/mol. The molecule has 3 amide bonds. The van der Waals surface area contributed by atoms with Gasteiger partial charge in [0.05, 0.1) is 6.61 Å². The minimum absolute atomic E-state index is 0.115. The van der Waals surface area contributed by atoms with Crippen LogP contribution >= 0.6 is 0 Å². The molecule has 19 heavy (non-hydrogen) atoms. The number of rotatable bonds is 8. The Morgan fingerprint density at radius 3 is 2.37 bits per heavy atom. The maximum Gasteiger partial charge on any atom is 0.323 e. The van der Waals surface area contributed by atoms with Crippen LogP contribution in [-0.4, -0.2) is 79.8 Å². The van der Waals surface area contributed by atoms with E-state index in [1.54, 1.807) is 6.92 Å². The Bertz CT molecular complexity index is 321. The quantitative estimate of drug-likeness (QED) is 0.604. The van der Waals surface area contributed by atoms with Crippen molar-refractivity contribution in [3.8, 4) is 0 Å². The number of carboxylic acids is 1. The maximum atomic E-state index is 12.0. The molecule has 0 fully saturated rings. The molecule has 8 heteroatoms. The summed E-state index contributed by atoms with van der Waals surface area (Å²) in [5, 5.41) is 11.3. The van der Waals surface area contributed by atoms with Crippen LogP contribution < -0.4 is 5.32 Å². The summed E-state index contributed by atoms with van der Waals surface area (Å²) < 4.78 is 4.82. The highest BCUT2D eigenvalue weighted by atomic mass is 16.5. The van der Waals surface area contributed by atoms with E-state index < -0.39 is 18.5 Å². The van der Waals surface area contributed by atoms with Crippen molar-refractivity contribution >= 4 is 17.9 Å². The van der Waals surface area contributed by atoms with Gasteiger partial charge in [0, 0.05) is 27.2 Å². The lowest BCUT2D eigenvalue weighted by molar-refractivity contribution is -0.137. The summed E-state index contributed by atoms with van der Waals surface area (Å²) in [6.45, 7) is 2.09. The van der Waals surface area contributed by atoms with Gasteiger partial charge in [-0.1, -0.05) is 0 Å². The fraction of sp³-hybridized carbons (Fsp3) is 0.727. The number of hydrogen-bond acceptors (Lipinski definition) is 4. The standard InChI is InChI=1S/C11H21N3O5/c1-4-12-9(15)7-13(2)11(18)14(5-6-19-3)8-10(16)17/h4-8H2,1-3H3,(H,12,15)(H,16,17). The van der Waals surface area contributed by atoms with E-state index in [0.29, 0.717) is 6.54 Å². The summed E-state index contributed by atoms with van der Waals surface area (Å²) in [7, 11) is 2.90. The lowest BCUT2D eigenvalue weighted by Gasteiger charge is -2.26. The molecule has 0 aliphatic rings. The number of nitrogens with one attached hydrogen (secondary N) is 1. The molecule has 0 aromatic carbocycles. The van der Waals surface area contributed by atoms with Crippen molar-refractivity contribution in [2.45, 2.75) is 6.92 Å². The van der Waals surface area contributed by atoms with Crippen molar-refractivity contribution in [1.29, 1.82) is 0 Å². The van der Waals surface area contributed by atoms with E-state index in [1.807, 2.05) is 0 Å². The number of methoxy groups -OCH3 is 1. The third-order valence-electron chi connectivity index (χ3n) is 2.24. The first kappa shape index (κ1) is 17.2. The van der Waals surface area contributed by atoms with Crippen LogP contribution in [0.2, 0.25) is 0 Å². The Kier molecular flexibility index (Phi) is 8.27. The number of ether oxygens (including phenoxy) is 1. The van der Waals surface area contributed by atoms with Crippen molar-refractivity contribution in [1.82, 2.24) is 15.1 Å². The molecule has 0 saturated heterocycles. The highest BCUT2D eigenvalue weighted by Crippen LogP contribution is 1.97. The Balaban J connectivity index is 4.49. The SMILES string of the molecule is CCNC(=O)CN(C)C(=O)N(CCOC)CC(=O)O. The first-order valence-electron chi connectivity index (χ1n) is 5.89. The van der Waals surface area contributed by atoms with Crippen molar-refractivity contribution < 1.29 is 24.2 Å². The number of urea groups is 1. The minimum atomic E-state index is -1.11. The minimum Gasteiger partial charge on any atom is -0.480 e. The Morgan fingerprint density at radius 1 is 1.26 bits per heavy atom. The Labute approximate surface area is 112 Å². The van der Waals surface area contributed by atoms with Crippen LogP contribution in [0.25, 0.3) is 0 Å². The second kappa shape index (κ2) is 9.15. The van der Waals surface area contributed by atoms with Gasteiger partial charge in [-0.2, -0.15) is 0 Å². The summed E-state index contributed by atoms with van der Waals surface area (Å²) in [6, 6.07) is -0.522. The molecule has 8 nitrogen and oxygen atoms in total. The zero-order chi connectivity index (χ0) is 14.8. The Hall–Kier alpha value is -1.83. The average Bonchev–Trinajstić information content (AvgIpc) is 2.33. The van der Waals surface area contributed by atoms with Crippen LogP contribution in [0, 0.1) is 0 Å². The molecule has 0 saturated carbocycles. The molecule has 0 bridgehead atoms. The smallest absolute Gasteiger partial charge is 0.323 e. The zero-order valence-corrected chi connectivity index (χ0v) is 11.5. The summed E-state index contributed by atoms with van der Waals surface area (Å²) in [5.74, 6) is -1.41. The number of nitrogens with zero attached hydrogens (tertiary/aromatic N) is 2. The first-order valence-corrected chi connectivity index (χ1v) is 5.89. The highest BCUT2D eigenvalue weighted by molar-refractivity contribution is 5.85. The molecule has 0 aliphatic heterocycles. The van der Waals surface area contributed by atoms with Gasteiger partial charge >= 0.3 is 12.0 Å². The van der Waals surface area contributed by atoms with Crippen LogP contribution in [0.5, 0.6) is 0 Å². The molecule has 0 aliphatic carbocycles. The van der Waals surface area contributed by atoms with Gasteiger partial charge < -0.3 is 25.0 Å². The molecule has 110 valence electrons. The summed E-state index contributed by atoms with van der Waals surface area (Å²) in [4.78, 5) is 36.3. The lowest BCUT2D eigenvalue weighted by atomic mass is 10.4. The molecule has 0 aromatic heterocycles. The number of carbonyl (C=O) groups excluding carboxylic acids is 2. The van der Waals surface area contributed by atoms with Gasteiger partial charge in [0.2, 0.25) is 5.91 Å². The van der Waals surface area contributed by atoms with E-state index in [0.717, 1.165) is 4.90 Å². The van der Waals surface area contributed by atoms with E-state index in [4.69, 9.17) is 9.84 Å². The molecule has 0 unspecified atom stereocenters.